The van der Waals surface area contributed by atoms with Crippen LogP contribution in [0.3, 0.4) is 0 Å². The highest BCUT2D eigenvalue weighted by Gasteiger charge is 2.04. The number of nitrogens with zero attached hydrogens (tertiary/aromatic N) is 3. The van der Waals surface area contributed by atoms with Gasteiger partial charge in [0.2, 0.25) is 0 Å². The van der Waals surface area contributed by atoms with Gasteiger partial charge in [-0.1, -0.05) is 18.2 Å². The van der Waals surface area contributed by atoms with Crippen LogP contribution >= 0.6 is 0 Å². The van der Waals surface area contributed by atoms with E-state index in [-0.39, 0.29) is 0 Å². The second-order valence-electron chi connectivity index (χ2n) is 3.34. The van der Waals surface area contributed by atoms with Crippen LogP contribution in [0.25, 0.3) is 11.0 Å². The summed E-state index contributed by atoms with van der Waals surface area (Å²) in [5.41, 5.74) is 2.59. The van der Waals surface area contributed by atoms with Gasteiger partial charge in [0.1, 0.15) is 17.4 Å². The Balaban J connectivity index is 2.04. The number of nitrogens with one attached hydrogen (secondary N) is 2. The average molecular weight is 211 g/mol. The van der Waals surface area contributed by atoms with Crippen LogP contribution in [0, 0.1) is 0 Å². The molecule has 3 rings (SSSR count). The fraction of sp³-hybridized carbons (Fsp3) is 0. The lowest BCUT2D eigenvalue weighted by atomic mass is 10.3. The van der Waals surface area contributed by atoms with Gasteiger partial charge in [-0.15, -0.1) is 0 Å². The van der Waals surface area contributed by atoms with E-state index in [0.29, 0.717) is 0 Å². The Morgan fingerprint density at radius 1 is 1.06 bits per heavy atom. The molecule has 0 fully saturated rings. The quantitative estimate of drug-likeness (QED) is 0.681. The number of fused-ring (bicyclic) bond motifs is 1. The number of anilines is 2. The molecule has 0 unspecified atom stereocenters. The van der Waals surface area contributed by atoms with Gasteiger partial charge in [0, 0.05) is 5.69 Å². The molecule has 0 saturated heterocycles. The van der Waals surface area contributed by atoms with Crippen molar-refractivity contribution in [3.8, 4) is 0 Å². The molecule has 0 aliphatic heterocycles. The minimum atomic E-state index is 0.730. The first-order chi connectivity index (χ1) is 7.93. The number of H-pyrrole nitrogens is 1. The lowest BCUT2D eigenvalue weighted by molar-refractivity contribution is 1.11. The fourth-order valence-corrected chi connectivity index (χ4v) is 1.52. The van der Waals surface area contributed by atoms with E-state index in [4.69, 9.17) is 0 Å². The molecule has 2 heterocycles. The third kappa shape index (κ3) is 1.48. The first-order valence-corrected chi connectivity index (χ1v) is 4.89. The molecule has 78 valence electrons. The fourth-order valence-electron chi connectivity index (χ4n) is 1.52. The van der Waals surface area contributed by atoms with Gasteiger partial charge >= 0.3 is 0 Å². The van der Waals surface area contributed by atoms with Crippen molar-refractivity contribution >= 4 is 22.5 Å². The van der Waals surface area contributed by atoms with Crippen molar-refractivity contribution in [1.29, 1.82) is 0 Å². The number of para-hydroxylation sites is 1. The van der Waals surface area contributed by atoms with Gasteiger partial charge in [0.15, 0.2) is 5.82 Å². The van der Waals surface area contributed by atoms with Gasteiger partial charge in [0.05, 0.1) is 6.20 Å². The van der Waals surface area contributed by atoms with Crippen LogP contribution in [0.15, 0.2) is 42.9 Å². The highest BCUT2D eigenvalue weighted by Crippen LogP contribution is 2.19. The van der Waals surface area contributed by atoms with Crippen LogP contribution in [-0.2, 0) is 0 Å². The summed E-state index contributed by atoms with van der Waals surface area (Å²) in [6, 6.07) is 9.85. The highest BCUT2D eigenvalue weighted by molar-refractivity contribution is 5.86. The number of aromatic nitrogens is 4. The summed E-state index contributed by atoms with van der Waals surface area (Å²) < 4.78 is 0. The molecule has 0 atom stereocenters. The third-order valence-corrected chi connectivity index (χ3v) is 2.28. The van der Waals surface area contributed by atoms with E-state index in [1.165, 1.54) is 6.33 Å². The maximum atomic E-state index is 4.18. The second-order valence-corrected chi connectivity index (χ2v) is 3.34. The molecule has 0 amide bonds. The van der Waals surface area contributed by atoms with E-state index in [0.717, 1.165) is 22.5 Å². The summed E-state index contributed by atoms with van der Waals surface area (Å²) in [6.07, 6.45) is 3.19. The third-order valence-electron chi connectivity index (χ3n) is 2.28. The summed E-state index contributed by atoms with van der Waals surface area (Å²) in [4.78, 5) is 8.28. The van der Waals surface area contributed by atoms with Gasteiger partial charge in [-0.05, 0) is 12.1 Å². The Kier molecular flexibility index (Phi) is 2.00. The predicted molar refractivity (Wildman–Crippen MR) is 61.4 cm³/mol. The normalized spacial score (nSPS) is 10.5. The van der Waals surface area contributed by atoms with Gasteiger partial charge < -0.3 is 5.32 Å². The number of rotatable bonds is 2. The lowest BCUT2D eigenvalue weighted by Crippen LogP contribution is -1.95. The first kappa shape index (κ1) is 8.84. The number of benzene rings is 1. The molecule has 5 heteroatoms. The maximum absolute atomic E-state index is 4.18. The van der Waals surface area contributed by atoms with E-state index in [9.17, 15) is 0 Å². The van der Waals surface area contributed by atoms with E-state index in [1.807, 2.05) is 30.3 Å². The number of hydrogen-bond acceptors (Lipinski definition) is 4. The van der Waals surface area contributed by atoms with Crippen LogP contribution in [0.5, 0.6) is 0 Å². The zero-order valence-corrected chi connectivity index (χ0v) is 8.38. The van der Waals surface area contributed by atoms with Crippen molar-refractivity contribution in [3.63, 3.8) is 0 Å². The van der Waals surface area contributed by atoms with Gasteiger partial charge in [-0.25, -0.2) is 9.97 Å². The Bertz CT molecular complexity index is 602. The minimum absolute atomic E-state index is 0.730. The maximum Gasteiger partial charge on any atom is 0.159 e. The zero-order chi connectivity index (χ0) is 10.8. The van der Waals surface area contributed by atoms with Crippen LogP contribution in [0.1, 0.15) is 0 Å². The minimum Gasteiger partial charge on any atom is -0.338 e. The summed E-state index contributed by atoms with van der Waals surface area (Å²) in [5, 5.41) is 10.0. The first-order valence-electron chi connectivity index (χ1n) is 4.89. The highest BCUT2D eigenvalue weighted by atomic mass is 15.1. The molecule has 16 heavy (non-hydrogen) atoms. The molecule has 0 saturated carbocycles. The predicted octanol–water partition coefficient (Wildman–Crippen LogP) is 2.10. The average Bonchev–Trinajstić information content (AvgIpc) is 2.80. The summed E-state index contributed by atoms with van der Waals surface area (Å²) in [7, 11) is 0. The van der Waals surface area contributed by atoms with Crippen LogP contribution < -0.4 is 5.32 Å². The molecule has 0 aliphatic rings. The smallest absolute Gasteiger partial charge is 0.159 e. The van der Waals surface area contributed by atoms with Crippen molar-refractivity contribution in [3.05, 3.63) is 42.9 Å². The van der Waals surface area contributed by atoms with Gasteiger partial charge in [-0.2, -0.15) is 5.10 Å². The molecule has 2 aromatic heterocycles. The van der Waals surface area contributed by atoms with Crippen LogP contribution in [0.4, 0.5) is 11.5 Å². The molecule has 1 aromatic carbocycles. The van der Waals surface area contributed by atoms with E-state index < -0.39 is 0 Å². The van der Waals surface area contributed by atoms with Gasteiger partial charge in [0.25, 0.3) is 0 Å². The van der Waals surface area contributed by atoms with Crippen molar-refractivity contribution in [2.24, 2.45) is 0 Å². The molecule has 5 nitrogen and oxygen atoms in total. The number of aromatic amines is 1. The zero-order valence-electron chi connectivity index (χ0n) is 8.38. The topological polar surface area (TPSA) is 66.5 Å². The van der Waals surface area contributed by atoms with Gasteiger partial charge in [-0.3, -0.25) is 5.10 Å². The standard InChI is InChI=1S/C11H9N5/c1-2-4-8(5-3-1)15-11-10-9(6-14-16-10)12-7-13-11/h1-7H,(H,14,16)(H,12,13,15). The lowest BCUT2D eigenvalue weighted by Gasteiger charge is -2.04. The van der Waals surface area contributed by atoms with Crippen molar-refractivity contribution in [2.45, 2.75) is 0 Å². The summed E-state index contributed by atoms with van der Waals surface area (Å²) in [5.74, 6) is 0.730. The summed E-state index contributed by atoms with van der Waals surface area (Å²) in [6.45, 7) is 0. The molecule has 3 aromatic rings. The molecular weight excluding hydrogens is 202 g/mol. The molecule has 2 N–H and O–H groups in total. The molecule has 0 bridgehead atoms. The Hall–Kier alpha value is -2.43. The largest absolute Gasteiger partial charge is 0.338 e. The van der Waals surface area contributed by atoms with Crippen molar-refractivity contribution in [2.75, 3.05) is 5.32 Å². The van der Waals surface area contributed by atoms with Crippen molar-refractivity contribution in [1.82, 2.24) is 20.2 Å². The Labute approximate surface area is 91.6 Å². The van der Waals surface area contributed by atoms with E-state index >= 15 is 0 Å². The van der Waals surface area contributed by atoms with Crippen LogP contribution in [0.2, 0.25) is 0 Å². The Morgan fingerprint density at radius 3 is 2.81 bits per heavy atom. The monoisotopic (exact) mass is 211 g/mol. The van der Waals surface area contributed by atoms with Crippen molar-refractivity contribution < 1.29 is 0 Å². The van der Waals surface area contributed by atoms with E-state index in [2.05, 4.69) is 25.5 Å². The van der Waals surface area contributed by atoms with E-state index in [1.54, 1.807) is 6.20 Å². The number of hydrogen-bond donors (Lipinski definition) is 2. The summed E-state index contributed by atoms with van der Waals surface area (Å²) >= 11 is 0. The molecule has 0 radical (unpaired) electrons. The SMILES string of the molecule is c1ccc(Nc2ncnc3cn[nH]c23)cc1. The molecule has 0 spiro atoms. The van der Waals surface area contributed by atoms with Crippen LogP contribution in [-0.4, -0.2) is 20.2 Å². The second kappa shape index (κ2) is 3.62. The molecular formula is C11H9N5. The molecule has 0 aliphatic carbocycles. The Morgan fingerprint density at radius 2 is 1.94 bits per heavy atom.